The van der Waals surface area contributed by atoms with Gasteiger partial charge in [0.1, 0.15) is 0 Å². The maximum absolute atomic E-state index is 6.01. The van der Waals surface area contributed by atoms with Gasteiger partial charge in [-0.2, -0.15) is 0 Å². The van der Waals surface area contributed by atoms with Crippen LogP contribution in [0.2, 0.25) is 0 Å². The van der Waals surface area contributed by atoms with E-state index in [0.29, 0.717) is 18.1 Å². The van der Waals surface area contributed by atoms with Gasteiger partial charge in [-0.1, -0.05) is 6.07 Å². The van der Waals surface area contributed by atoms with Crippen LogP contribution in [0.15, 0.2) is 30.0 Å². The van der Waals surface area contributed by atoms with Crippen LogP contribution >= 0.6 is 11.3 Å². The summed E-state index contributed by atoms with van der Waals surface area (Å²) in [6.07, 6.45) is 6.18. The van der Waals surface area contributed by atoms with Crippen LogP contribution in [-0.4, -0.2) is 58.6 Å². The lowest BCUT2D eigenvalue weighted by molar-refractivity contribution is -0.0933. The number of hydrogen-bond acceptors (Lipinski definition) is 6. The van der Waals surface area contributed by atoms with Crippen molar-refractivity contribution in [1.82, 2.24) is 19.8 Å². The topological polar surface area (TPSA) is 41.5 Å². The second kappa shape index (κ2) is 7.72. The Hall–Kier alpha value is -1.34. The molecule has 0 aromatic carbocycles. The smallest absolute Gasteiger partial charge is 0.0798 e. The first-order chi connectivity index (χ1) is 12.6. The maximum atomic E-state index is 6.01. The normalized spacial score (nSPS) is 23.2. The monoisotopic (exact) mass is 372 g/mol. The predicted octanol–water partition coefficient (Wildman–Crippen LogP) is 2.96. The lowest BCUT2D eigenvalue weighted by Gasteiger charge is -2.58. The number of pyridine rings is 1. The summed E-state index contributed by atoms with van der Waals surface area (Å²) in [5.74, 6) is 0.662. The van der Waals surface area contributed by atoms with Crippen LogP contribution in [0.1, 0.15) is 29.0 Å². The zero-order valence-electron chi connectivity index (χ0n) is 15.7. The summed E-state index contributed by atoms with van der Waals surface area (Å²) in [5.41, 5.74) is 4.65. The standard InChI is InChI=1S/C20H28N4OS/c1-16-19(26-15-22-16)10-24-13-20(14-24)8-17(5-7-23(20)2)11-25-12-18-4-3-6-21-9-18/h3-4,6,9,15,17H,5,7-8,10-14H2,1-2H3/t17-/m1/s1. The van der Waals surface area contributed by atoms with E-state index in [1.54, 1.807) is 17.5 Å². The van der Waals surface area contributed by atoms with Crippen LogP contribution in [0.4, 0.5) is 0 Å². The number of thiazole rings is 1. The molecule has 2 fully saturated rings. The first-order valence-electron chi connectivity index (χ1n) is 9.44. The van der Waals surface area contributed by atoms with Crippen LogP contribution in [-0.2, 0) is 17.9 Å². The van der Waals surface area contributed by atoms with Crippen molar-refractivity contribution in [2.24, 2.45) is 5.92 Å². The van der Waals surface area contributed by atoms with Gasteiger partial charge >= 0.3 is 0 Å². The molecule has 2 aliphatic rings. The number of aryl methyl sites for hydroxylation is 1. The van der Waals surface area contributed by atoms with E-state index < -0.39 is 0 Å². The Balaban J connectivity index is 1.27. The van der Waals surface area contributed by atoms with Crippen molar-refractivity contribution < 1.29 is 4.74 Å². The molecule has 2 aromatic heterocycles. The quantitative estimate of drug-likeness (QED) is 0.780. The number of nitrogens with zero attached hydrogens (tertiary/aromatic N) is 4. The third kappa shape index (κ3) is 3.83. The number of aromatic nitrogens is 2. The summed E-state index contributed by atoms with van der Waals surface area (Å²) < 4.78 is 6.01. The number of likely N-dealkylation sites (tertiary alicyclic amines) is 2. The molecule has 0 bridgehead atoms. The molecule has 4 rings (SSSR count). The molecular weight excluding hydrogens is 344 g/mol. The minimum atomic E-state index is 0.346. The molecule has 0 amide bonds. The Labute approximate surface area is 160 Å². The Morgan fingerprint density at radius 3 is 3.00 bits per heavy atom. The second-order valence-electron chi connectivity index (χ2n) is 7.89. The fourth-order valence-electron chi connectivity index (χ4n) is 4.33. The number of rotatable bonds is 6. The Kier molecular flexibility index (Phi) is 5.36. The summed E-state index contributed by atoms with van der Waals surface area (Å²) in [5, 5.41) is 0. The molecular formula is C20H28N4OS. The Bertz CT molecular complexity index is 714. The lowest BCUT2D eigenvalue weighted by Crippen LogP contribution is -2.71. The van der Waals surface area contributed by atoms with E-state index in [2.05, 4.69) is 39.8 Å². The van der Waals surface area contributed by atoms with E-state index >= 15 is 0 Å². The third-order valence-corrected chi connectivity index (χ3v) is 6.86. The van der Waals surface area contributed by atoms with Gasteiger partial charge in [-0.05, 0) is 50.9 Å². The van der Waals surface area contributed by atoms with Crippen molar-refractivity contribution in [3.63, 3.8) is 0 Å². The average Bonchev–Trinajstić information content (AvgIpc) is 3.02. The fourth-order valence-corrected chi connectivity index (χ4v) is 5.15. The minimum absolute atomic E-state index is 0.346. The number of ether oxygens (including phenoxy) is 1. The highest BCUT2D eigenvalue weighted by molar-refractivity contribution is 7.09. The molecule has 2 aromatic rings. The summed E-state index contributed by atoms with van der Waals surface area (Å²) in [7, 11) is 2.29. The van der Waals surface area contributed by atoms with Gasteiger partial charge in [0.15, 0.2) is 0 Å². The summed E-state index contributed by atoms with van der Waals surface area (Å²) in [6.45, 7) is 8.20. The van der Waals surface area contributed by atoms with Crippen LogP contribution in [0.3, 0.4) is 0 Å². The molecule has 26 heavy (non-hydrogen) atoms. The van der Waals surface area contributed by atoms with Gasteiger partial charge in [0, 0.05) is 49.1 Å². The second-order valence-corrected chi connectivity index (χ2v) is 8.83. The van der Waals surface area contributed by atoms with Gasteiger partial charge in [0.05, 0.1) is 17.8 Å². The summed E-state index contributed by atoms with van der Waals surface area (Å²) in [4.78, 5) is 15.1. The lowest BCUT2D eigenvalue weighted by atomic mass is 9.75. The van der Waals surface area contributed by atoms with Gasteiger partial charge in [-0.25, -0.2) is 4.98 Å². The van der Waals surface area contributed by atoms with Crippen molar-refractivity contribution in [2.75, 3.05) is 33.3 Å². The van der Waals surface area contributed by atoms with Gasteiger partial charge in [0.2, 0.25) is 0 Å². The van der Waals surface area contributed by atoms with Crippen LogP contribution < -0.4 is 0 Å². The van der Waals surface area contributed by atoms with E-state index in [9.17, 15) is 0 Å². The maximum Gasteiger partial charge on any atom is 0.0798 e. The van der Waals surface area contributed by atoms with Crippen molar-refractivity contribution in [1.29, 1.82) is 0 Å². The van der Waals surface area contributed by atoms with Gasteiger partial charge in [-0.3, -0.25) is 14.8 Å². The van der Waals surface area contributed by atoms with Crippen molar-refractivity contribution in [2.45, 2.75) is 38.5 Å². The van der Waals surface area contributed by atoms with Crippen LogP contribution in [0, 0.1) is 12.8 Å². The summed E-state index contributed by atoms with van der Waals surface area (Å²) >= 11 is 1.78. The van der Waals surface area contributed by atoms with Crippen LogP contribution in [0.5, 0.6) is 0 Å². The fraction of sp³-hybridized carbons (Fsp3) is 0.600. The van der Waals surface area contributed by atoms with E-state index in [0.717, 1.165) is 18.7 Å². The Morgan fingerprint density at radius 2 is 2.27 bits per heavy atom. The van der Waals surface area contributed by atoms with Gasteiger partial charge in [-0.15, -0.1) is 11.3 Å². The molecule has 0 N–H and O–H groups in total. The molecule has 2 aliphatic heterocycles. The minimum Gasteiger partial charge on any atom is -0.376 e. The van der Waals surface area contributed by atoms with Crippen molar-refractivity contribution in [3.8, 4) is 0 Å². The SMILES string of the molecule is Cc1ncsc1CN1CC2(C[C@H](COCc3cccnc3)CCN2C)C1. The van der Waals surface area contributed by atoms with Crippen LogP contribution in [0.25, 0.3) is 0 Å². The van der Waals surface area contributed by atoms with Gasteiger partial charge < -0.3 is 4.74 Å². The predicted molar refractivity (Wildman–Crippen MR) is 104 cm³/mol. The molecule has 0 aliphatic carbocycles. The molecule has 4 heterocycles. The highest BCUT2D eigenvalue weighted by atomic mass is 32.1. The third-order valence-electron chi connectivity index (χ3n) is 5.94. The zero-order chi connectivity index (χ0) is 18.0. The molecule has 5 nitrogen and oxygen atoms in total. The zero-order valence-corrected chi connectivity index (χ0v) is 16.5. The first-order valence-corrected chi connectivity index (χ1v) is 10.3. The molecule has 0 unspecified atom stereocenters. The number of hydrogen-bond donors (Lipinski definition) is 0. The van der Waals surface area contributed by atoms with E-state index in [1.165, 1.54) is 43.0 Å². The molecule has 140 valence electrons. The van der Waals surface area contributed by atoms with E-state index in [1.807, 2.05) is 17.8 Å². The number of piperidine rings is 1. The molecule has 2 saturated heterocycles. The van der Waals surface area contributed by atoms with E-state index in [-0.39, 0.29) is 0 Å². The number of likely N-dealkylation sites (N-methyl/N-ethyl adjacent to an activating group) is 1. The Morgan fingerprint density at radius 1 is 1.38 bits per heavy atom. The van der Waals surface area contributed by atoms with Crippen molar-refractivity contribution in [3.05, 3.63) is 46.2 Å². The highest BCUT2D eigenvalue weighted by Crippen LogP contribution is 2.39. The highest BCUT2D eigenvalue weighted by Gasteiger charge is 2.49. The van der Waals surface area contributed by atoms with E-state index in [4.69, 9.17) is 4.74 Å². The molecule has 0 saturated carbocycles. The average molecular weight is 373 g/mol. The molecule has 1 spiro atoms. The van der Waals surface area contributed by atoms with Crippen molar-refractivity contribution >= 4 is 11.3 Å². The largest absolute Gasteiger partial charge is 0.376 e. The molecule has 6 heteroatoms. The molecule has 1 atom stereocenters. The van der Waals surface area contributed by atoms with Gasteiger partial charge in [0.25, 0.3) is 0 Å². The molecule has 0 radical (unpaired) electrons. The summed E-state index contributed by atoms with van der Waals surface area (Å²) in [6, 6.07) is 4.05. The first kappa shape index (κ1) is 18.0.